The van der Waals surface area contributed by atoms with E-state index in [1.807, 2.05) is 4.90 Å². The van der Waals surface area contributed by atoms with E-state index in [0.717, 1.165) is 36.2 Å². The zero-order valence-corrected chi connectivity index (χ0v) is 13.3. The highest BCUT2D eigenvalue weighted by Gasteiger charge is 2.33. The Morgan fingerprint density at radius 1 is 1.30 bits per heavy atom. The number of hydrogen-bond acceptors (Lipinski definition) is 3. The molecule has 6 nitrogen and oxygen atoms in total. The molecule has 1 fully saturated rings. The van der Waals surface area contributed by atoms with Gasteiger partial charge in [0, 0.05) is 12.7 Å². The summed E-state index contributed by atoms with van der Waals surface area (Å²) in [6.45, 7) is 4.93. The van der Waals surface area contributed by atoms with Crippen molar-refractivity contribution in [3.8, 4) is 0 Å². The first-order valence-corrected chi connectivity index (χ1v) is 7.90. The summed E-state index contributed by atoms with van der Waals surface area (Å²) >= 11 is 0. The van der Waals surface area contributed by atoms with E-state index in [-0.39, 0.29) is 11.9 Å². The van der Waals surface area contributed by atoms with Crippen LogP contribution in [0.15, 0.2) is 24.4 Å². The molecule has 1 atom stereocenters. The first-order valence-electron chi connectivity index (χ1n) is 7.90. The minimum Gasteiger partial charge on any atom is -0.340 e. The zero-order chi connectivity index (χ0) is 16.0. The van der Waals surface area contributed by atoms with Gasteiger partial charge < -0.3 is 9.88 Å². The number of amides is 1. The molecule has 4 rings (SSSR count). The van der Waals surface area contributed by atoms with Crippen LogP contribution in [-0.4, -0.2) is 37.5 Å². The van der Waals surface area contributed by atoms with Crippen LogP contribution in [-0.2, 0) is 0 Å². The molecule has 6 heteroatoms. The van der Waals surface area contributed by atoms with E-state index in [1.54, 1.807) is 12.3 Å². The highest BCUT2D eigenvalue weighted by molar-refractivity contribution is 5.92. The fraction of sp³-hybridized carbons (Fsp3) is 0.353. The Morgan fingerprint density at radius 2 is 2.13 bits per heavy atom. The van der Waals surface area contributed by atoms with Gasteiger partial charge in [-0.3, -0.25) is 9.89 Å². The largest absolute Gasteiger partial charge is 0.340 e. The number of fused-ring (bicyclic) bond motifs is 1. The maximum absolute atomic E-state index is 12.6. The van der Waals surface area contributed by atoms with E-state index in [2.05, 4.69) is 41.2 Å². The lowest BCUT2D eigenvalue weighted by atomic mass is 10.1. The fourth-order valence-electron chi connectivity index (χ4n) is 3.27. The summed E-state index contributed by atoms with van der Waals surface area (Å²) < 4.78 is 0. The van der Waals surface area contributed by atoms with Gasteiger partial charge >= 0.3 is 0 Å². The number of hydrogen-bond donors (Lipinski definition) is 2. The molecule has 1 aromatic carbocycles. The molecule has 118 valence electrons. The molecule has 23 heavy (non-hydrogen) atoms. The smallest absolute Gasteiger partial charge is 0.272 e. The summed E-state index contributed by atoms with van der Waals surface area (Å²) in [6, 6.07) is 5.93. The maximum Gasteiger partial charge on any atom is 0.272 e. The van der Waals surface area contributed by atoms with Gasteiger partial charge in [-0.05, 0) is 56.0 Å². The minimum atomic E-state index is -0.0159. The SMILES string of the molecule is Cc1cc2nc([C@@H]3CCCN3C(=O)c3ccn[nH]3)[nH]c2cc1C. The molecular formula is C17H19N5O. The van der Waals surface area contributed by atoms with E-state index < -0.39 is 0 Å². The van der Waals surface area contributed by atoms with Crippen molar-refractivity contribution in [2.45, 2.75) is 32.7 Å². The first kappa shape index (κ1) is 14.0. The quantitative estimate of drug-likeness (QED) is 0.764. The van der Waals surface area contributed by atoms with Gasteiger partial charge in [0.15, 0.2) is 0 Å². The molecule has 1 aliphatic rings. The molecule has 3 heterocycles. The van der Waals surface area contributed by atoms with Gasteiger partial charge in [-0.1, -0.05) is 0 Å². The number of carbonyl (C=O) groups excluding carboxylic acids is 1. The van der Waals surface area contributed by atoms with Crippen LogP contribution in [0, 0.1) is 13.8 Å². The molecule has 1 aliphatic heterocycles. The van der Waals surface area contributed by atoms with Crippen molar-refractivity contribution >= 4 is 16.9 Å². The number of nitrogens with one attached hydrogen (secondary N) is 2. The van der Waals surface area contributed by atoms with Gasteiger partial charge in [-0.2, -0.15) is 5.10 Å². The lowest BCUT2D eigenvalue weighted by Crippen LogP contribution is -2.31. The summed E-state index contributed by atoms with van der Waals surface area (Å²) in [5.41, 5.74) is 4.99. The summed E-state index contributed by atoms with van der Waals surface area (Å²) in [4.78, 5) is 22.6. The van der Waals surface area contributed by atoms with Crippen molar-refractivity contribution in [3.05, 3.63) is 47.0 Å². The maximum atomic E-state index is 12.6. The molecule has 2 aromatic heterocycles. The average molecular weight is 309 g/mol. The van der Waals surface area contributed by atoms with E-state index in [0.29, 0.717) is 5.69 Å². The molecule has 1 amide bonds. The van der Waals surface area contributed by atoms with Gasteiger partial charge in [0.2, 0.25) is 0 Å². The summed E-state index contributed by atoms with van der Waals surface area (Å²) in [7, 11) is 0. The lowest BCUT2D eigenvalue weighted by molar-refractivity contribution is 0.0724. The monoisotopic (exact) mass is 309 g/mol. The van der Waals surface area contributed by atoms with E-state index in [9.17, 15) is 4.79 Å². The topological polar surface area (TPSA) is 77.7 Å². The molecule has 3 aromatic rings. The molecule has 0 saturated carbocycles. The highest BCUT2D eigenvalue weighted by atomic mass is 16.2. The van der Waals surface area contributed by atoms with Crippen LogP contribution < -0.4 is 0 Å². The Labute approximate surface area is 133 Å². The number of likely N-dealkylation sites (tertiary alicyclic amines) is 1. The van der Waals surface area contributed by atoms with Crippen molar-refractivity contribution in [2.24, 2.45) is 0 Å². The molecule has 0 spiro atoms. The number of aromatic amines is 2. The zero-order valence-electron chi connectivity index (χ0n) is 13.3. The lowest BCUT2D eigenvalue weighted by Gasteiger charge is -2.22. The van der Waals surface area contributed by atoms with Crippen LogP contribution in [0.5, 0.6) is 0 Å². The van der Waals surface area contributed by atoms with Gasteiger partial charge in [0.05, 0.1) is 17.1 Å². The third-order valence-electron chi connectivity index (χ3n) is 4.68. The standard InChI is InChI=1S/C17H19N5O/c1-10-8-13-14(9-11(10)2)20-16(19-13)15-4-3-7-22(15)17(23)12-5-6-18-21-12/h5-6,8-9,15H,3-4,7H2,1-2H3,(H,18,21)(H,19,20)/t15-/m0/s1. The molecule has 0 radical (unpaired) electrons. The number of H-pyrrole nitrogens is 2. The van der Waals surface area contributed by atoms with E-state index >= 15 is 0 Å². The predicted octanol–water partition coefficient (Wildman–Crippen LogP) is 2.88. The van der Waals surface area contributed by atoms with Crippen LogP contribution >= 0.6 is 0 Å². The van der Waals surface area contributed by atoms with Crippen molar-refractivity contribution in [3.63, 3.8) is 0 Å². The Kier molecular flexibility index (Phi) is 3.18. The average Bonchev–Trinajstić information content (AvgIpc) is 3.27. The van der Waals surface area contributed by atoms with Crippen LogP contribution in [0.4, 0.5) is 0 Å². The Bertz CT molecular complexity index is 826. The van der Waals surface area contributed by atoms with Crippen LogP contribution in [0.1, 0.15) is 46.3 Å². The number of aryl methyl sites for hydroxylation is 2. The normalized spacial score (nSPS) is 18.0. The van der Waals surface area contributed by atoms with Gasteiger partial charge in [-0.25, -0.2) is 4.98 Å². The van der Waals surface area contributed by atoms with Gasteiger partial charge in [-0.15, -0.1) is 0 Å². The van der Waals surface area contributed by atoms with E-state index in [4.69, 9.17) is 4.98 Å². The molecule has 0 aliphatic carbocycles. The number of aromatic nitrogens is 4. The number of benzene rings is 1. The van der Waals surface area contributed by atoms with Crippen molar-refractivity contribution in [1.82, 2.24) is 25.1 Å². The third-order valence-corrected chi connectivity index (χ3v) is 4.68. The number of rotatable bonds is 2. The second kappa shape index (κ2) is 5.22. The Hall–Kier alpha value is -2.63. The molecule has 0 bridgehead atoms. The fourth-order valence-corrected chi connectivity index (χ4v) is 3.27. The first-order chi connectivity index (χ1) is 11.1. The number of nitrogens with zero attached hydrogens (tertiary/aromatic N) is 3. The van der Waals surface area contributed by atoms with Crippen molar-refractivity contribution in [1.29, 1.82) is 0 Å². The third kappa shape index (κ3) is 2.30. The van der Waals surface area contributed by atoms with Crippen LogP contribution in [0.3, 0.4) is 0 Å². The predicted molar refractivity (Wildman–Crippen MR) is 87.2 cm³/mol. The summed E-state index contributed by atoms with van der Waals surface area (Å²) in [5, 5.41) is 6.63. The second-order valence-corrected chi connectivity index (χ2v) is 6.20. The number of carbonyl (C=O) groups is 1. The van der Waals surface area contributed by atoms with Crippen molar-refractivity contribution < 1.29 is 4.79 Å². The van der Waals surface area contributed by atoms with E-state index in [1.165, 1.54) is 11.1 Å². The Morgan fingerprint density at radius 3 is 2.91 bits per heavy atom. The second-order valence-electron chi connectivity index (χ2n) is 6.20. The summed E-state index contributed by atoms with van der Waals surface area (Å²) in [6.07, 6.45) is 3.52. The number of imidazole rings is 1. The molecule has 2 N–H and O–H groups in total. The Balaban J connectivity index is 1.70. The summed E-state index contributed by atoms with van der Waals surface area (Å²) in [5.74, 6) is 0.855. The highest BCUT2D eigenvalue weighted by Crippen LogP contribution is 2.32. The van der Waals surface area contributed by atoms with Gasteiger partial charge in [0.25, 0.3) is 5.91 Å². The van der Waals surface area contributed by atoms with Crippen molar-refractivity contribution in [2.75, 3.05) is 6.54 Å². The minimum absolute atomic E-state index is 0.00110. The molecule has 1 saturated heterocycles. The molecule has 0 unspecified atom stereocenters. The molecular weight excluding hydrogens is 290 g/mol. The van der Waals surface area contributed by atoms with Gasteiger partial charge in [0.1, 0.15) is 11.5 Å². The van der Waals surface area contributed by atoms with Crippen LogP contribution in [0.2, 0.25) is 0 Å². The van der Waals surface area contributed by atoms with Crippen LogP contribution in [0.25, 0.3) is 11.0 Å².